The van der Waals surface area contributed by atoms with E-state index in [0.29, 0.717) is 11.6 Å². The molecule has 1 unspecified atom stereocenters. The zero-order valence-corrected chi connectivity index (χ0v) is 7.96. The predicted octanol–water partition coefficient (Wildman–Crippen LogP) is 1.64. The minimum Gasteiger partial charge on any atom is -0.246 e. The lowest BCUT2D eigenvalue weighted by Gasteiger charge is -2.28. The van der Waals surface area contributed by atoms with Gasteiger partial charge in [0.1, 0.15) is 0 Å². The first kappa shape index (κ1) is 8.37. The van der Waals surface area contributed by atoms with Crippen molar-refractivity contribution in [1.82, 2.24) is 9.03 Å². The Bertz CT molecular complexity index is 119. The number of hydrogen-bond donors (Lipinski definition) is 1. The molecule has 1 atom stereocenters. The monoisotopic (exact) mass is 160 g/mol. The highest BCUT2D eigenvalue weighted by Crippen LogP contribution is 2.26. The van der Waals surface area contributed by atoms with E-state index in [0.717, 1.165) is 6.54 Å². The summed E-state index contributed by atoms with van der Waals surface area (Å²) in [7, 11) is 0. The topological polar surface area (TPSA) is 15.3 Å². The van der Waals surface area contributed by atoms with Gasteiger partial charge in [-0.25, -0.2) is 9.03 Å². The van der Waals surface area contributed by atoms with E-state index in [-0.39, 0.29) is 0 Å². The number of rotatable bonds is 0. The second kappa shape index (κ2) is 2.72. The minimum absolute atomic E-state index is 0.294. The highest BCUT2D eigenvalue weighted by atomic mass is 32.2. The number of nitrogens with zero attached hydrogens (tertiary/aromatic N) is 1. The average Bonchev–Trinajstić information content (AvgIpc) is 2.11. The predicted molar refractivity (Wildman–Crippen MR) is 46.6 cm³/mol. The Morgan fingerprint density at radius 1 is 1.50 bits per heavy atom. The van der Waals surface area contributed by atoms with E-state index >= 15 is 0 Å². The molecule has 1 heterocycles. The molecule has 10 heavy (non-hydrogen) atoms. The Balaban J connectivity index is 2.45. The van der Waals surface area contributed by atoms with E-state index < -0.39 is 0 Å². The lowest BCUT2D eigenvalue weighted by molar-refractivity contribution is 0.280. The molecule has 0 aromatic carbocycles. The van der Waals surface area contributed by atoms with Gasteiger partial charge in [-0.1, -0.05) is 0 Å². The van der Waals surface area contributed by atoms with Gasteiger partial charge in [-0.3, -0.25) is 0 Å². The van der Waals surface area contributed by atoms with Gasteiger partial charge in [0.25, 0.3) is 0 Å². The Kier molecular flexibility index (Phi) is 2.28. The van der Waals surface area contributed by atoms with Crippen LogP contribution in [0.4, 0.5) is 0 Å². The van der Waals surface area contributed by atoms with Crippen LogP contribution in [0.1, 0.15) is 27.7 Å². The summed E-state index contributed by atoms with van der Waals surface area (Å²) in [6.07, 6.45) is 0. The summed E-state index contributed by atoms with van der Waals surface area (Å²) in [4.78, 5) is 0. The molecule has 0 radical (unpaired) electrons. The maximum Gasteiger partial charge on any atom is 0.0293 e. The summed E-state index contributed by atoms with van der Waals surface area (Å²) in [5.74, 6) is 0. The molecule has 0 amide bonds. The van der Waals surface area contributed by atoms with E-state index in [9.17, 15) is 0 Å². The Morgan fingerprint density at radius 3 is 2.30 bits per heavy atom. The molecule has 0 spiro atoms. The van der Waals surface area contributed by atoms with Crippen LogP contribution in [-0.4, -0.2) is 22.4 Å². The van der Waals surface area contributed by atoms with E-state index in [4.69, 9.17) is 0 Å². The first-order valence-electron chi connectivity index (χ1n) is 3.70. The lowest BCUT2D eigenvalue weighted by Crippen LogP contribution is -2.35. The molecule has 0 aliphatic carbocycles. The van der Waals surface area contributed by atoms with Gasteiger partial charge in [-0.15, -0.1) is 0 Å². The number of hydrogen-bond acceptors (Lipinski definition) is 3. The molecule has 60 valence electrons. The standard InChI is InChI=1S/C7H16N2S/c1-6-5-9(10-8-6)7(2,3)4/h6,8H,5H2,1-4H3. The normalized spacial score (nSPS) is 29.4. The maximum absolute atomic E-state index is 3.32. The fourth-order valence-electron chi connectivity index (χ4n) is 0.888. The van der Waals surface area contributed by atoms with Crippen molar-refractivity contribution in [3.63, 3.8) is 0 Å². The van der Waals surface area contributed by atoms with Crippen LogP contribution in [0.15, 0.2) is 0 Å². The summed E-state index contributed by atoms with van der Waals surface area (Å²) in [6.45, 7) is 10.1. The maximum atomic E-state index is 3.32. The van der Waals surface area contributed by atoms with Crippen LogP contribution in [0, 0.1) is 0 Å². The van der Waals surface area contributed by atoms with E-state index in [1.54, 1.807) is 12.1 Å². The Morgan fingerprint density at radius 2 is 2.10 bits per heavy atom. The van der Waals surface area contributed by atoms with Crippen LogP contribution in [0.25, 0.3) is 0 Å². The fraction of sp³-hybridized carbons (Fsp3) is 1.00. The molecule has 0 saturated carbocycles. The van der Waals surface area contributed by atoms with Crippen LogP contribution in [-0.2, 0) is 0 Å². The molecule has 1 aliphatic rings. The van der Waals surface area contributed by atoms with Crippen LogP contribution in [0.2, 0.25) is 0 Å². The van der Waals surface area contributed by atoms with Crippen molar-refractivity contribution in [3.8, 4) is 0 Å². The number of nitrogens with one attached hydrogen (secondary N) is 1. The molecule has 1 aliphatic heterocycles. The van der Waals surface area contributed by atoms with Crippen molar-refractivity contribution in [2.24, 2.45) is 0 Å². The van der Waals surface area contributed by atoms with Crippen molar-refractivity contribution in [1.29, 1.82) is 0 Å². The van der Waals surface area contributed by atoms with Crippen molar-refractivity contribution >= 4 is 12.1 Å². The molecular weight excluding hydrogens is 144 g/mol. The first-order valence-corrected chi connectivity index (χ1v) is 4.47. The Labute approximate surface area is 67.6 Å². The van der Waals surface area contributed by atoms with E-state index in [1.807, 2.05) is 0 Å². The quantitative estimate of drug-likeness (QED) is 0.542. The molecular formula is C7H16N2S. The molecule has 0 bridgehead atoms. The first-order chi connectivity index (χ1) is 4.50. The summed E-state index contributed by atoms with van der Waals surface area (Å²) >= 11 is 1.74. The van der Waals surface area contributed by atoms with Crippen LogP contribution >= 0.6 is 12.1 Å². The van der Waals surface area contributed by atoms with Gasteiger partial charge in [-0.05, 0) is 27.7 Å². The largest absolute Gasteiger partial charge is 0.246 e. The van der Waals surface area contributed by atoms with Gasteiger partial charge in [-0.2, -0.15) is 0 Å². The molecule has 0 aromatic rings. The minimum atomic E-state index is 0.294. The molecule has 1 rings (SSSR count). The molecule has 1 N–H and O–H groups in total. The SMILES string of the molecule is CC1CN(C(C)(C)C)SN1. The van der Waals surface area contributed by atoms with Crippen molar-refractivity contribution < 1.29 is 0 Å². The molecule has 0 aromatic heterocycles. The van der Waals surface area contributed by atoms with Crippen LogP contribution in [0.5, 0.6) is 0 Å². The third-order valence-electron chi connectivity index (χ3n) is 1.55. The van der Waals surface area contributed by atoms with Crippen LogP contribution < -0.4 is 4.72 Å². The second-order valence-corrected chi connectivity index (χ2v) is 4.70. The van der Waals surface area contributed by atoms with Gasteiger partial charge in [0.15, 0.2) is 0 Å². The van der Waals surface area contributed by atoms with E-state index in [2.05, 4.69) is 36.7 Å². The van der Waals surface area contributed by atoms with Gasteiger partial charge in [0, 0.05) is 30.3 Å². The Hall–Kier alpha value is 0.270. The zero-order chi connectivity index (χ0) is 7.78. The van der Waals surface area contributed by atoms with Gasteiger partial charge >= 0.3 is 0 Å². The molecule has 1 saturated heterocycles. The molecule has 1 fully saturated rings. The third kappa shape index (κ3) is 1.87. The summed E-state index contributed by atoms with van der Waals surface area (Å²) in [5.41, 5.74) is 0.294. The van der Waals surface area contributed by atoms with Crippen molar-refractivity contribution in [2.45, 2.75) is 39.3 Å². The van der Waals surface area contributed by atoms with Gasteiger partial charge in [0.05, 0.1) is 0 Å². The fourth-order valence-corrected chi connectivity index (χ4v) is 1.84. The van der Waals surface area contributed by atoms with Crippen LogP contribution in [0.3, 0.4) is 0 Å². The van der Waals surface area contributed by atoms with Crippen molar-refractivity contribution in [2.75, 3.05) is 6.54 Å². The lowest BCUT2D eigenvalue weighted by atomic mass is 10.1. The summed E-state index contributed by atoms with van der Waals surface area (Å²) < 4.78 is 5.69. The highest BCUT2D eigenvalue weighted by Gasteiger charge is 2.28. The highest BCUT2D eigenvalue weighted by molar-refractivity contribution is 7.95. The van der Waals surface area contributed by atoms with Crippen molar-refractivity contribution in [3.05, 3.63) is 0 Å². The van der Waals surface area contributed by atoms with Gasteiger partial charge in [0.2, 0.25) is 0 Å². The zero-order valence-electron chi connectivity index (χ0n) is 7.14. The smallest absolute Gasteiger partial charge is 0.0293 e. The molecule has 3 heteroatoms. The third-order valence-corrected chi connectivity index (χ3v) is 2.98. The van der Waals surface area contributed by atoms with E-state index in [1.165, 1.54) is 0 Å². The molecule has 2 nitrogen and oxygen atoms in total. The summed E-state index contributed by atoms with van der Waals surface area (Å²) in [5, 5.41) is 0. The average molecular weight is 160 g/mol. The second-order valence-electron chi connectivity index (χ2n) is 3.84. The van der Waals surface area contributed by atoms with Gasteiger partial charge < -0.3 is 0 Å². The summed E-state index contributed by atoms with van der Waals surface area (Å²) in [6, 6.07) is 0.629.